The lowest BCUT2D eigenvalue weighted by molar-refractivity contribution is -0.722. The summed E-state index contributed by atoms with van der Waals surface area (Å²) in [6.45, 7) is 8.52. The highest BCUT2D eigenvalue weighted by Gasteiger charge is 2.20. The predicted molar refractivity (Wildman–Crippen MR) is 71.9 cm³/mol. The number of rotatable bonds is 2. The number of hydrogen-bond acceptors (Lipinski definition) is 2. The number of phenols is 2. The molecule has 0 saturated heterocycles. The van der Waals surface area contributed by atoms with Gasteiger partial charge in [0.25, 0.3) is 0 Å². The molecule has 0 aliphatic carbocycles. The van der Waals surface area contributed by atoms with Crippen LogP contribution in [0.3, 0.4) is 0 Å². The fourth-order valence-corrected chi connectivity index (χ4v) is 2.23. The molecule has 2 N–H and O–H groups in total. The van der Waals surface area contributed by atoms with Gasteiger partial charge in [-0.05, 0) is 31.4 Å². The first-order valence-electron chi connectivity index (χ1n) is 6.31. The van der Waals surface area contributed by atoms with Crippen LogP contribution in [0.1, 0.15) is 45.3 Å². The van der Waals surface area contributed by atoms with Crippen molar-refractivity contribution < 1.29 is 14.8 Å². The van der Waals surface area contributed by atoms with Crippen molar-refractivity contribution in [2.45, 2.75) is 39.7 Å². The van der Waals surface area contributed by atoms with Gasteiger partial charge in [-0.2, -0.15) is 4.57 Å². The second-order valence-electron chi connectivity index (χ2n) is 5.29. The Morgan fingerprint density at radius 2 is 1.72 bits per heavy atom. The van der Waals surface area contributed by atoms with Gasteiger partial charge in [0, 0.05) is 12.0 Å². The molecular formula is C15H20NO2+. The topological polar surface area (TPSA) is 44.3 Å². The SMILES string of the molecule is CC(C)c1cc2ccc(O)c(O)c2c[n+]1C(C)C. The summed E-state index contributed by atoms with van der Waals surface area (Å²) in [4.78, 5) is 0. The number of fused-ring (bicyclic) bond motifs is 1. The molecular weight excluding hydrogens is 226 g/mol. The van der Waals surface area contributed by atoms with Gasteiger partial charge in [0.1, 0.15) is 0 Å². The predicted octanol–water partition coefficient (Wildman–Crippen LogP) is 3.24. The largest absolute Gasteiger partial charge is 0.504 e. The van der Waals surface area contributed by atoms with E-state index in [1.165, 1.54) is 11.8 Å². The van der Waals surface area contributed by atoms with E-state index in [1.807, 2.05) is 12.3 Å². The van der Waals surface area contributed by atoms with E-state index in [4.69, 9.17) is 0 Å². The zero-order chi connectivity index (χ0) is 13.4. The van der Waals surface area contributed by atoms with Gasteiger partial charge in [-0.15, -0.1) is 0 Å². The number of hydrogen-bond donors (Lipinski definition) is 2. The molecule has 0 fully saturated rings. The highest BCUT2D eigenvalue weighted by Crippen LogP contribution is 2.33. The molecule has 0 amide bonds. The Bertz CT molecular complexity index is 589. The van der Waals surface area contributed by atoms with Crippen molar-refractivity contribution in [3.05, 3.63) is 30.1 Å². The molecule has 0 radical (unpaired) electrons. The van der Waals surface area contributed by atoms with E-state index >= 15 is 0 Å². The van der Waals surface area contributed by atoms with Crippen LogP contribution in [0, 0.1) is 0 Å². The van der Waals surface area contributed by atoms with E-state index in [9.17, 15) is 10.2 Å². The fourth-order valence-electron chi connectivity index (χ4n) is 2.23. The number of nitrogens with zero attached hydrogens (tertiary/aromatic N) is 1. The van der Waals surface area contributed by atoms with Crippen LogP contribution in [0.4, 0.5) is 0 Å². The van der Waals surface area contributed by atoms with Crippen LogP contribution in [-0.4, -0.2) is 10.2 Å². The molecule has 1 aromatic carbocycles. The number of benzene rings is 1. The van der Waals surface area contributed by atoms with Gasteiger partial charge in [0.15, 0.2) is 29.4 Å². The first kappa shape index (κ1) is 12.7. The van der Waals surface area contributed by atoms with Crippen molar-refractivity contribution in [1.29, 1.82) is 0 Å². The van der Waals surface area contributed by atoms with Crippen LogP contribution < -0.4 is 4.57 Å². The molecule has 0 saturated carbocycles. The van der Waals surface area contributed by atoms with Crippen LogP contribution in [0.2, 0.25) is 0 Å². The maximum absolute atomic E-state index is 9.93. The molecule has 0 spiro atoms. The minimum atomic E-state index is -0.0740. The molecule has 3 heteroatoms. The Morgan fingerprint density at radius 3 is 2.28 bits per heavy atom. The van der Waals surface area contributed by atoms with Crippen molar-refractivity contribution in [2.75, 3.05) is 0 Å². The molecule has 0 unspecified atom stereocenters. The molecule has 3 nitrogen and oxygen atoms in total. The maximum Gasteiger partial charge on any atom is 0.184 e. The molecule has 1 aromatic heterocycles. The molecule has 0 atom stereocenters. The molecule has 0 aliphatic rings. The summed E-state index contributed by atoms with van der Waals surface area (Å²) in [7, 11) is 0. The zero-order valence-corrected chi connectivity index (χ0v) is 11.3. The van der Waals surface area contributed by atoms with Gasteiger partial charge in [-0.1, -0.05) is 13.8 Å². The van der Waals surface area contributed by atoms with Crippen molar-refractivity contribution in [2.24, 2.45) is 0 Å². The minimum Gasteiger partial charge on any atom is -0.504 e. The van der Waals surface area contributed by atoms with Gasteiger partial charge in [0.2, 0.25) is 0 Å². The highest BCUT2D eigenvalue weighted by molar-refractivity contribution is 5.89. The van der Waals surface area contributed by atoms with E-state index in [0.717, 1.165) is 5.39 Å². The summed E-state index contributed by atoms with van der Waals surface area (Å²) < 4.78 is 2.14. The van der Waals surface area contributed by atoms with E-state index < -0.39 is 0 Å². The summed E-state index contributed by atoms with van der Waals surface area (Å²) in [6, 6.07) is 5.76. The molecule has 2 rings (SSSR count). The zero-order valence-electron chi connectivity index (χ0n) is 11.3. The summed E-state index contributed by atoms with van der Waals surface area (Å²) in [5.41, 5.74) is 1.22. The second kappa shape index (κ2) is 4.48. The Morgan fingerprint density at radius 1 is 1.06 bits per heavy atom. The van der Waals surface area contributed by atoms with Crippen molar-refractivity contribution in [3.8, 4) is 11.5 Å². The highest BCUT2D eigenvalue weighted by atomic mass is 16.3. The first-order chi connectivity index (χ1) is 8.41. The molecule has 18 heavy (non-hydrogen) atoms. The Labute approximate surface area is 107 Å². The third-order valence-corrected chi connectivity index (χ3v) is 3.25. The lowest BCUT2D eigenvalue weighted by Crippen LogP contribution is -2.40. The quantitative estimate of drug-likeness (QED) is 0.631. The normalized spacial score (nSPS) is 11.7. The first-order valence-corrected chi connectivity index (χ1v) is 6.31. The molecule has 1 heterocycles. The maximum atomic E-state index is 9.93. The third kappa shape index (κ3) is 2.01. The summed E-state index contributed by atoms with van der Waals surface area (Å²) >= 11 is 0. The lowest BCUT2D eigenvalue weighted by Gasteiger charge is -2.12. The van der Waals surface area contributed by atoms with Crippen LogP contribution in [0.15, 0.2) is 24.4 Å². The van der Waals surface area contributed by atoms with E-state index in [-0.39, 0.29) is 11.5 Å². The minimum absolute atomic E-state index is 0.0443. The third-order valence-electron chi connectivity index (χ3n) is 3.25. The number of aromatic nitrogens is 1. The van der Waals surface area contributed by atoms with Gasteiger partial charge in [0.05, 0.1) is 5.39 Å². The molecule has 0 aliphatic heterocycles. The summed E-state index contributed by atoms with van der Waals surface area (Å²) in [6.07, 6.45) is 1.92. The smallest absolute Gasteiger partial charge is 0.184 e. The van der Waals surface area contributed by atoms with Gasteiger partial charge < -0.3 is 10.2 Å². The van der Waals surface area contributed by atoms with Crippen LogP contribution in [-0.2, 0) is 0 Å². The van der Waals surface area contributed by atoms with Gasteiger partial charge >= 0.3 is 0 Å². The number of aromatic hydroxyl groups is 2. The second-order valence-corrected chi connectivity index (χ2v) is 5.29. The summed E-state index contributed by atoms with van der Waals surface area (Å²) in [5, 5.41) is 21.1. The Kier molecular flexibility index (Phi) is 3.16. The standard InChI is InChI=1S/C15H19NO2/c1-9(2)13-7-11-5-6-14(17)15(18)12(11)8-16(13)10(3)4/h5-10,17H,1-4H3/p+1. The summed E-state index contributed by atoms with van der Waals surface area (Å²) in [5.74, 6) is 0.292. The van der Waals surface area contributed by atoms with E-state index in [2.05, 4.69) is 38.3 Å². The van der Waals surface area contributed by atoms with E-state index in [0.29, 0.717) is 17.3 Å². The van der Waals surface area contributed by atoms with Crippen molar-refractivity contribution in [3.63, 3.8) is 0 Å². The van der Waals surface area contributed by atoms with Gasteiger partial charge in [-0.3, -0.25) is 0 Å². The number of pyridine rings is 1. The monoisotopic (exact) mass is 246 g/mol. The average Bonchev–Trinajstić information content (AvgIpc) is 2.32. The van der Waals surface area contributed by atoms with Gasteiger partial charge in [-0.25, -0.2) is 0 Å². The lowest BCUT2D eigenvalue weighted by atomic mass is 10.0. The average molecular weight is 246 g/mol. The van der Waals surface area contributed by atoms with Crippen LogP contribution in [0.25, 0.3) is 10.8 Å². The van der Waals surface area contributed by atoms with Crippen molar-refractivity contribution in [1.82, 2.24) is 0 Å². The number of phenolic OH excluding ortho intramolecular Hbond substituents is 2. The van der Waals surface area contributed by atoms with Crippen LogP contribution >= 0.6 is 0 Å². The van der Waals surface area contributed by atoms with Crippen molar-refractivity contribution >= 4 is 10.8 Å². The Balaban J connectivity index is 2.81. The van der Waals surface area contributed by atoms with Crippen LogP contribution in [0.5, 0.6) is 11.5 Å². The van der Waals surface area contributed by atoms with E-state index in [1.54, 1.807) is 0 Å². The molecule has 2 aromatic rings. The molecule has 96 valence electrons. The Hall–Kier alpha value is -1.77. The molecule has 0 bridgehead atoms. The fraction of sp³-hybridized carbons (Fsp3) is 0.400.